The SMILES string of the molecule is C1=C(N2CCCC2)CC2CCCCC2C1. The molecule has 0 spiro atoms. The van der Waals surface area contributed by atoms with E-state index in [1.807, 2.05) is 0 Å². The van der Waals surface area contributed by atoms with Crippen molar-refractivity contribution in [1.82, 2.24) is 4.90 Å². The minimum atomic E-state index is 1.04. The number of rotatable bonds is 1. The molecule has 1 saturated carbocycles. The molecule has 0 N–H and O–H groups in total. The lowest BCUT2D eigenvalue weighted by molar-refractivity contribution is 0.205. The van der Waals surface area contributed by atoms with Crippen LogP contribution in [-0.2, 0) is 0 Å². The molecule has 2 unspecified atom stereocenters. The topological polar surface area (TPSA) is 3.24 Å². The summed E-state index contributed by atoms with van der Waals surface area (Å²) in [5.41, 5.74) is 1.70. The van der Waals surface area contributed by atoms with Gasteiger partial charge in [0.15, 0.2) is 0 Å². The molecule has 2 atom stereocenters. The summed E-state index contributed by atoms with van der Waals surface area (Å²) in [5.74, 6) is 2.09. The first-order chi connectivity index (χ1) is 7.43. The van der Waals surface area contributed by atoms with E-state index in [-0.39, 0.29) is 0 Å². The van der Waals surface area contributed by atoms with Gasteiger partial charge < -0.3 is 4.90 Å². The van der Waals surface area contributed by atoms with Gasteiger partial charge in [-0.05, 0) is 50.4 Å². The molecule has 2 fully saturated rings. The molecule has 1 heterocycles. The Morgan fingerprint density at radius 3 is 2.47 bits per heavy atom. The summed E-state index contributed by atoms with van der Waals surface area (Å²) in [4.78, 5) is 2.66. The summed E-state index contributed by atoms with van der Waals surface area (Å²) in [7, 11) is 0. The first kappa shape index (κ1) is 9.74. The standard InChI is InChI=1S/C14H23N/c1-2-6-13-11-14(8-7-12(13)5-1)15-9-3-4-10-15/h8,12-13H,1-7,9-11H2. The molecule has 2 aliphatic carbocycles. The van der Waals surface area contributed by atoms with E-state index in [2.05, 4.69) is 11.0 Å². The Morgan fingerprint density at radius 2 is 1.67 bits per heavy atom. The van der Waals surface area contributed by atoms with Gasteiger partial charge in [-0.25, -0.2) is 0 Å². The van der Waals surface area contributed by atoms with Gasteiger partial charge in [0.05, 0.1) is 0 Å². The van der Waals surface area contributed by atoms with Crippen molar-refractivity contribution >= 4 is 0 Å². The zero-order valence-corrected chi connectivity index (χ0v) is 9.75. The van der Waals surface area contributed by atoms with Crippen LogP contribution in [0.25, 0.3) is 0 Å². The summed E-state index contributed by atoms with van der Waals surface area (Å²) < 4.78 is 0. The van der Waals surface area contributed by atoms with Crippen LogP contribution >= 0.6 is 0 Å². The minimum absolute atomic E-state index is 1.04. The Bertz CT molecular complexity index is 250. The zero-order valence-electron chi connectivity index (χ0n) is 9.75. The molecule has 3 aliphatic rings. The van der Waals surface area contributed by atoms with Crippen molar-refractivity contribution in [2.75, 3.05) is 13.1 Å². The highest BCUT2D eigenvalue weighted by molar-refractivity contribution is 5.09. The minimum Gasteiger partial charge on any atom is -0.375 e. The number of fused-ring (bicyclic) bond motifs is 1. The normalized spacial score (nSPS) is 36.3. The molecule has 15 heavy (non-hydrogen) atoms. The summed E-state index contributed by atoms with van der Waals surface area (Å²) in [6, 6.07) is 0. The highest BCUT2D eigenvalue weighted by Gasteiger charge is 2.30. The molecule has 0 radical (unpaired) electrons. The van der Waals surface area contributed by atoms with Crippen molar-refractivity contribution in [2.45, 2.75) is 51.4 Å². The molecule has 1 aliphatic heterocycles. The van der Waals surface area contributed by atoms with Crippen LogP contribution in [-0.4, -0.2) is 18.0 Å². The molecule has 1 heteroatoms. The predicted octanol–water partition coefficient (Wildman–Crippen LogP) is 3.57. The molecular formula is C14H23N. The highest BCUT2D eigenvalue weighted by Crippen LogP contribution is 2.41. The summed E-state index contributed by atoms with van der Waals surface area (Å²) in [5, 5.41) is 0. The maximum Gasteiger partial charge on any atom is 0.0175 e. The van der Waals surface area contributed by atoms with Gasteiger partial charge in [0, 0.05) is 18.8 Å². The summed E-state index contributed by atoms with van der Waals surface area (Å²) in [6.07, 6.45) is 14.2. The third kappa shape index (κ3) is 1.93. The lowest BCUT2D eigenvalue weighted by Gasteiger charge is -2.37. The van der Waals surface area contributed by atoms with Crippen molar-refractivity contribution in [3.05, 3.63) is 11.8 Å². The zero-order chi connectivity index (χ0) is 10.1. The van der Waals surface area contributed by atoms with Crippen LogP contribution in [0.15, 0.2) is 11.8 Å². The number of hydrogen-bond donors (Lipinski definition) is 0. The van der Waals surface area contributed by atoms with Crippen LogP contribution in [0.5, 0.6) is 0 Å². The van der Waals surface area contributed by atoms with Gasteiger partial charge in [-0.1, -0.05) is 18.9 Å². The van der Waals surface area contributed by atoms with Crippen LogP contribution < -0.4 is 0 Å². The van der Waals surface area contributed by atoms with Gasteiger partial charge in [-0.15, -0.1) is 0 Å². The molecule has 1 nitrogen and oxygen atoms in total. The lowest BCUT2D eigenvalue weighted by atomic mass is 9.72. The monoisotopic (exact) mass is 205 g/mol. The molecule has 84 valence electrons. The molecule has 0 amide bonds. The molecule has 1 saturated heterocycles. The molecule has 0 aromatic heterocycles. The van der Waals surface area contributed by atoms with Gasteiger partial charge >= 0.3 is 0 Å². The van der Waals surface area contributed by atoms with Crippen molar-refractivity contribution in [3.8, 4) is 0 Å². The van der Waals surface area contributed by atoms with Gasteiger partial charge in [0.25, 0.3) is 0 Å². The first-order valence-electron chi connectivity index (χ1n) is 6.87. The molecule has 3 rings (SSSR count). The third-order valence-electron chi connectivity index (χ3n) is 4.71. The highest BCUT2D eigenvalue weighted by atomic mass is 15.1. The van der Waals surface area contributed by atoms with Crippen molar-refractivity contribution in [1.29, 1.82) is 0 Å². The molecule has 0 aromatic carbocycles. The average Bonchev–Trinajstić information content (AvgIpc) is 2.82. The Kier molecular flexibility index (Phi) is 2.72. The predicted molar refractivity (Wildman–Crippen MR) is 63.6 cm³/mol. The van der Waals surface area contributed by atoms with Crippen LogP contribution in [0.4, 0.5) is 0 Å². The van der Waals surface area contributed by atoms with E-state index in [9.17, 15) is 0 Å². The molecule has 0 aromatic rings. The summed E-state index contributed by atoms with van der Waals surface area (Å²) in [6.45, 7) is 2.67. The largest absolute Gasteiger partial charge is 0.375 e. The van der Waals surface area contributed by atoms with Crippen molar-refractivity contribution < 1.29 is 0 Å². The number of likely N-dealkylation sites (tertiary alicyclic amines) is 1. The number of nitrogens with zero attached hydrogens (tertiary/aromatic N) is 1. The average molecular weight is 205 g/mol. The second-order valence-corrected chi connectivity index (χ2v) is 5.63. The van der Waals surface area contributed by atoms with Gasteiger partial charge in [-0.3, -0.25) is 0 Å². The second kappa shape index (κ2) is 4.19. The van der Waals surface area contributed by atoms with Crippen LogP contribution in [0, 0.1) is 11.8 Å². The van der Waals surface area contributed by atoms with Gasteiger partial charge in [-0.2, -0.15) is 0 Å². The Hall–Kier alpha value is -0.460. The van der Waals surface area contributed by atoms with E-state index in [0.29, 0.717) is 0 Å². The van der Waals surface area contributed by atoms with Gasteiger partial charge in [0.2, 0.25) is 0 Å². The quantitative estimate of drug-likeness (QED) is 0.632. The number of hydrogen-bond acceptors (Lipinski definition) is 1. The molecular weight excluding hydrogens is 182 g/mol. The van der Waals surface area contributed by atoms with E-state index in [1.165, 1.54) is 64.5 Å². The maximum absolute atomic E-state index is 2.66. The van der Waals surface area contributed by atoms with Gasteiger partial charge in [0.1, 0.15) is 0 Å². The third-order valence-corrected chi connectivity index (χ3v) is 4.71. The Morgan fingerprint density at radius 1 is 0.933 bits per heavy atom. The number of allylic oxidation sites excluding steroid dienone is 2. The van der Waals surface area contributed by atoms with Crippen LogP contribution in [0.1, 0.15) is 51.4 Å². The van der Waals surface area contributed by atoms with Crippen LogP contribution in [0.3, 0.4) is 0 Å². The second-order valence-electron chi connectivity index (χ2n) is 5.63. The lowest BCUT2D eigenvalue weighted by Crippen LogP contribution is -2.29. The fraction of sp³-hybridized carbons (Fsp3) is 0.857. The maximum atomic E-state index is 2.66. The molecule has 0 bridgehead atoms. The van der Waals surface area contributed by atoms with Crippen molar-refractivity contribution in [2.24, 2.45) is 11.8 Å². The van der Waals surface area contributed by atoms with Crippen molar-refractivity contribution in [3.63, 3.8) is 0 Å². The Labute approximate surface area is 93.5 Å². The Balaban J connectivity index is 1.68. The van der Waals surface area contributed by atoms with E-state index >= 15 is 0 Å². The fourth-order valence-electron chi connectivity index (χ4n) is 3.77. The smallest absolute Gasteiger partial charge is 0.0175 e. The first-order valence-corrected chi connectivity index (χ1v) is 6.87. The van der Waals surface area contributed by atoms with E-state index in [0.717, 1.165) is 11.8 Å². The van der Waals surface area contributed by atoms with E-state index in [4.69, 9.17) is 0 Å². The van der Waals surface area contributed by atoms with E-state index in [1.54, 1.807) is 5.70 Å². The summed E-state index contributed by atoms with van der Waals surface area (Å²) >= 11 is 0. The van der Waals surface area contributed by atoms with Crippen LogP contribution in [0.2, 0.25) is 0 Å². The fourth-order valence-corrected chi connectivity index (χ4v) is 3.77. The van der Waals surface area contributed by atoms with E-state index < -0.39 is 0 Å².